The van der Waals surface area contributed by atoms with Gasteiger partial charge in [-0.05, 0) is 30.5 Å². The zero-order valence-corrected chi connectivity index (χ0v) is 10.4. The summed E-state index contributed by atoms with van der Waals surface area (Å²) in [6, 6.07) is 6.50. The molecule has 0 aliphatic heterocycles. The molecule has 0 aliphatic rings. The Morgan fingerprint density at radius 1 is 1.42 bits per heavy atom. The summed E-state index contributed by atoms with van der Waals surface area (Å²) < 4.78 is 1.19. The lowest BCUT2D eigenvalue weighted by molar-refractivity contribution is 0.957. The van der Waals surface area contributed by atoms with Crippen LogP contribution in [-0.4, -0.2) is 4.83 Å². The Morgan fingerprint density at radius 3 is 2.58 bits per heavy atom. The lowest BCUT2D eigenvalue weighted by Crippen LogP contribution is -1.96. The van der Waals surface area contributed by atoms with Crippen LogP contribution in [0.3, 0.4) is 0 Å². The highest BCUT2D eigenvalue weighted by Crippen LogP contribution is 2.18. The molecule has 0 radical (unpaired) electrons. The summed E-state index contributed by atoms with van der Waals surface area (Å²) in [5, 5.41) is 0. The minimum atomic E-state index is 0.554. The molecule has 2 heteroatoms. The fraction of sp³-hybridized carbons (Fsp3) is 0.400. The van der Waals surface area contributed by atoms with Crippen LogP contribution in [0, 0.1) is 6.92 Å². The lowest BCUT2D eigenvalue weighted by atomic mass is 10.1. The van der Waals surface area contributed by atoms with Crippen LogP contribution < -0.4 is 0 Å². The minimum absolute atomic E-state index is 0.554. The molecular weight excluding hydrogens is 280 g/mol. The molecule has 0 spiro atoms. The predicted octanol–water partition coefficient (Wildman–Crippen LogP) is 4.08. The third kappa shape index (κ3) is 2.91. The van der Waals surface area contributed by atoms with Crippen LogP contribution in [0.4, 0.5) is 0 Å². The molecule has 1 aromatic rings. The number of rotatable bonds is 2. The Labute approximate surface area is 90.6 Å². The summed E-state index contributed by atoms with van der Waals surface area (Å²) in [4.78, 5) is 0.554. The van der Waals surface area contributed by atoms with Crippen LogP contribution in [0.1, 0.15) is 18.1 Å². The van der Waals surface area contributed by atoms with E-state index in [1.165, 1.54) is 15.6 Å². The summed E-state index contributed by atoms with van der Waals surface area (Å²) in [6.07, 6.45) is 1.09. The highest BCUT2D eigenvalue weighted by molar-refractivity contribution is 9.10. The van der Waals surface area contributed by atoms with Crippen molar-refractivity contribution in [1.82, 2.24) is 0 Å². The highest BCUT2D eigenvalue weighted by Gasteiger charge is 2.00. The minimum Gasteiger partial charge on any atom is -0.0890 e. The van der Waals surface area contributed by atoms with E-state index in [9.17, 15) is 0 Å². The molecule has 1 unspecified atom stereocenters. The van der Waals surface area contributed by atoms with Gasteiger partial charge in [-0.25, -0.2) is 0 Å². The zero-order chi connectivity index (χ0) is 9.14. The van der Waals surface area contributed by atoms with Crippen molar-refractivity contribution in [3.05, 3.63) is 33.8 Å². The Morgan fingerprint density at radius 2 is 2.08 bits per heavy atom. The van der Waals surface area contributed by atoms with Gasteiger partial charge in [0.25, 0.3) is 0 Å². The summed E-state index contributed by atoms with van der Waals surface area (Å²) in [5.74, 6) is 0. The number of alkyl halides is 1. The van der Waals surface area contributed by atoms with Gasteiger partial charge in [-0.2, -0.15) is 0 Å². The molecule has 1 rings (SSSR count). The first-order valence-electron chi connectivity index (χ1n) is 3.98. The van der Waals surface area contributed by atoms with E-state index in [4.69, 9.17) is 0 Å². The standard InChI is InChI=1S/C10H12Br2/c1-7-5-9(6-8(2)11)3-4-10(7)12/h3-5,8H,6H2,1-2H3. The smallest absolute Gasteiger partial charge is 0.0204 e. The third-order valence-corrected chi connectivity index (χ3v) is 2.95. The van der Waals surface area contributed by atoms with E-state index in [0.717, 1.165) is 6.42 Å². The van der Waals surface area contributed by atoms with Gasteiger partial charge in [0.2, 0.25) is 0 Å². The summed E-state index contributed by atoms with van der Waals surface area (Å²) in [5.41, 5.74) is 2.70. The summed E-state index contributed by atoms with van der Waals surface area (Å²) >= 11 is 7.03. The Kier molecular flexibility index (Phi) is 3.78. The van der Waals surface area contributed by atoms with Crippen molar-refractivity contribution >= 4 is 31.9 Å². The van der Waals surface area contributed by atoms with E-state index in [1.807, 2.05) is 0 Å². The highest BCUT2D eigenvalue weighted by atomic mass is 79.9. The van der Waals surface area contributed by atoms with Gasteiger partial charge in [-0.15, -0.1) is 0 Å². The van der Waals surface area contributed by atoms with Crippen molar-refractivity contribution in [2.75, 3.05) is 0 Å². The van der Waals surface area contributed by atoms with Crippen molar-refractivity contribution in [3.8, 4) is 0 Å². The molecule has 0 bridgehead atoms. The molecule has 12 heavy (non-hydrogen) atoms. The molecule has 1 aromatic carbocycles. The predicted molar refractivity (Wildman–Crippen MR) is 61.0 cm³/mol. The summed E-state index contributed by atoms with van der Waals surface area (Å²) in [6.45, 7) is 4.28. The van der Waals surface area contributed by atoms with Crippen LogP contribution in [0.15, 0.2) is 22.7 Å². The van der Waals surface area contributed by atoms with Gasteiger partial charge in [0.1, 0.15) is 0 Å². The van der Waals surface area contributed by atoms with E-state index in [-0.39, 0.29) is 0 Å². The number of aryl methyl sites for hydroxylation is 1. The third-order valence-electron chi connectivity index (χ3n) is 1.74. The molecule has 0 fully saturated rings. The molecule has 0 aromatic heterocycles. The van der Waals surface area contributed by atoms with E-state index in [1.54, 1.807) is 0 Å². The first-order valence-corrected chi connectivity index (χ1v) is 5.69. The van der Waals surface area contributed by atoms with Crippen molar-refractivity contribution in [2.24, 2.45) is 0 Å². The van der Waals surface area contributed by atoms with Crippen molar-refractivity contribution in [3.63, 3.8) is 0 Å². The molecule has 0 aliphatic carbocycles. The molecular formula is C10H12Br2. The Hall–Kier alpha value is 0.180. The molecule has 1 atom stereocenters. The van der Waals surface area contributed by atoms with Crippen molar-refractivity contribution in [2.45, 2.75) is 25.1 Å². The molecule has 0 nitrogen and oxygen atoms in total. The fourth-order valence-corrected chi connectivity index (χ4v) is 1.78. The number of hydrogen-bond acceptors (Lipinski definition) is 0. The van der Waals surface area contributed by atoms with Crippen LogP contribution >= 0.6 is 31.9 Å². The second-order valence-electron chi connectivity index (χ2n) is 3.07. The van der Waals surface area contributed by atoms with Gasteiger partial charge in [0.15, 0.2) is 0 Å². The van der Waals surface area contributed by atoms with Crippen molar-refractivity contribution in [1.29, 1.82) is 0 Å². The summed E-state index contributed by atoms with van der Waals surface area (Å²) in [7, 11) is 0. The van der Waals surface area contributed by atoms with Gasteiger partial charge in [0, 0.05) is 9.30 Å². The fourth-order valence-electron chi connectivity index (χ4n) is 1.16. The van der Waals surface area contributed by atoms with E-state index >= 15 is 0 Å². The first-order chi connectivity index (χ1) is 5.59. The Balaban J connectivity index is 2.82. The van der Waals surface area contributed by atoms with Crippen LogP contribution in [0.2, 0.25) is 0 Å². The van der Waals surface area contributed by atoms with Gasteiger partial charge in [0.05, 0.1) is 0 Å². The molecule has 0 heterocycles. The quantitative estimate of drug-likeness (QED) is 0.720. The number of halogens is 2. The molecule has 0 N–H and O–H groups in total. The first kappa shape index (κ1) is 10.3. The zero-order valence-electron chi connectivity index (χ0n) is 7.27. The van der Waals surface area contributed by atoms with Crippen LogP contribution in [0.5, 0.6) is 0 Å². The van der Waals surface area contributed by atoms with Crippen LogP contribution in [-0.2, 0) is 6.42 Å². The number of hydrogen-bond donors (Lipinski definition) is 0. The Bertz CT molecular complexity index is 267. The lowest BCUT2D eigenvalue weighted by Gasteiger charge is -2.05. The molecule has 0 saturated heterocycles. The van der Waals surface area contributed by atoms with Gasteiger partial charge in [-0.1, -0.05) is 50.9 Å². The SMILES string of the molecule is Cc1cc(CC(C)Br)ccc1Br. The van der Waals surface area contributed by atoms with Gasteiger partial charge in [-0.3, -0.25) is 0 Å². The number of benzene rings is 1. The maximum Gasteiger partial charge on any atom is 0.0204 e. The maximum atomic E-state index is 3.54. The largest absolute Gasteiger partial charge is 0.0890 e. The van der Waals surface area contributed by atoms with E-state index < -0.39 is 0 Å². The second-order valence-corrected chi connectivity index (χ2v) is 5.49. The normalized spacial score (nSPS) is 13.0. The maximum absolute atomic E-state index is 3.54. The van der Waals surface area contributed by atoms with Crippen molar-refractivity contribution < 1.29 is 0 Å². The van der Waals surface area contributed by atoms with Crippen LogP contribution in [0.25, 0.3) is 0 Å². The second kappa shape index (κ2) is 4.43. The van der Waals surface area contributed by atoms with E-state index in [0.29, 0.717) is 4.83 Å². The average molecular weight is 292 g/mol. The molecule has 0 amide bonds. The monoisotopic (exact) mass is 290 g/mol. The average Bonchev–Trinajstić information content (AvgIpc) is 1.96. The van der Waals surface area contributed by atoms with E-state index in [2.05, 4.69) is 63.9 Å². The molecule has 66 valence electrons. The van der Waals surface area contributed by atoms with Gasteiger partial charge < -0.3 is 0 Å². The van der Waals surface area contributed by atoms with Gasteiger partial charge >= 0.3 is 0 Å². The molecule has 0 saturated carbocycles. The topological polar surface area (TPSA) is 0 Å².